The molecular formula is C13H16N4O. The van der Waals surface area contributed by atoms with Crippen molar-refractivity contribution >= 4 is 11.6 Å². The van der Waals surface area contributed by atoms with E-state index in [2.05, 4.69) is 15.6 Å². The van der Waals surface area contributed by atoms with Crippen molar-refractivity contribution in [3.8, 4) is 0 Å². The zero-order chi connectivity index (χ0) is 13.0. The van der Waals surface area contributed by atoms with Gasteiger partial charge in [0.25, 0.3) is 5.91 Å². The van der Waals surface area contributed by atoms with Crippen LogP contribution in [0.25, 0.3) is 0 Å². The topological polar surface area (TPSA) is 58.9 Å². The lowest BCUT2D eigenvalue weighted by atomic mass is 10.2. The van der Waals surface area contributed by atoms with Gasteiger partial charge < -0.3 is 15.2 Å². The Kier molecular flexibility index (Phi) is 3.74. The number of amides is 1. The van der Waals surface area contributed by atoms with Crippen LogP contribution in [0.1, 0.15) is 16.1 Å². The number of imidazole rings is 1. The average Bonchev–Trinajstić information content (AvgIpc) is 2.79. The Morgan fingerprint density at radius 2 is 2.06 bits per heavy atom. The van der Waals surface area contributed by atoms with Crippen LogP contribution in [0.2, 0.25) is 0 Å². The third-order valence-electron chi connectivity index (χ3n) is 2.53. The fourth-order valence-electron chi connectivity index (χ4n) is 1.64. The molecule has 0 saturated heterocycles. The summed E-state index contributed by atoms with van der Waals surface area (Å²) in [5.74, 6) is -0.197. The first kappa shape index (κ1) is 12.3. The standard InChI is InChI=1S/C13H16N4O/c1-14-7-10-3-5-11(6-4-10)16-13(18)12-8-17(2)9-15-12/h3-6,8-9,14H,7H2,1-2H3,(H,16,18). The monoisotopic (exact) mass is 244 g/mol. The second kappa shape index (κ2) is 5.46. The largest absolute Gasteiger partial charge is 0.340 e. The highest BCUT2D eigenvalue weighted by Gasteiger charge is 2.08. The van der Waals surface area contributed by atoms with Gasteiger partial charge in [-0.1, -0.05) is 12.1 Å². The minimum absolute atomic E-state index is 0.197. The van der Waals surface area contributed by atoms with Gasteiger partial charge in [0.2, 0.25) is 0 Å². The predicted molar refractivity (Wildman–Crippen MR) is 70.4 cm³/mol. The summed E-state index contributed by atoms with van der Waals surface area (Å²) in [4.78, 5) is 15.8. The van der Waals surface area contributed by atoms with Crippen LogP contribution in [0.4, 0.5) is 5.69 Å². The van der Waals surface area contributed by atoms with Gasteiger partial charge in [-0.3, -0.25) is 4.79 Å². The molecule has 1 aromatic carbocycles. The van der Waals surface area contributed by atoms with Gasteiger partial charge in [0.15, 0.2) is 0 Å². The molecule has 0 radical (unpaired) electrons. The molecule has 1 amide bonds. The first-order valence-corrected chi connectivity index (χ1v) is 5.72. The number of aromatic nitrogens is 2. The first-order chi connectivity index (χ1) is 8.69. The van der Waals surface area contributed by atoms with E-state index in [1.165, 1.54) is 5.56 Å². The van der Waals surface area contributed by atoms with Crippen molar-refractivity contribution in [2.75, 3.05) is 12.4 Å². The summed E-state index contributed by atoms with van der Waals surface area (Å²) < 4.78 is 1.74. The maximum Gasteiger partial charge on any atom is 0.275 e. The van der Waals surface area contributed by atoms with Crippen LogP contribution in [0.15, 0.2) is 36.8 Å². The third kappa shape index (κ3) is 2.95. The molecule has 0 atom stereocenters. The van der Waals surface area contributed by atoms with E-state index in [1.54, 1.807) is 17.1 Å². The van der Waals surface area contributed by atoms with Gasteiger partial charge in [0, 0.05) is 25.5 Å². The molecule has 0 aliphatic carbocycles. The molecule has 18 heavy (non-hydrogen) atoms. The lowest BCUT2D eigenvalue weighted by Crippen LogP contribution is -2.12. The lowest BCUT2D eigenvalue weighted by Gasteiger charge is -2.05. The van der Waals surface area contributed by atoms with Crippen LogP contribution in [0.5, 0.6) is 0 Å². The summed E-state index contributed by atoms with van der Waals surface area (Å²) in [5.41, 5.74) is 2.36. The molecular weight excluding hydrogens is 228 g/mol. The second-order valence-corrected chi connectivity index (χ2v) is 4.11. The smallest absolute Gasteiger partial charge is 0.275 e. The van der Waals surface area contributed by atoms with Gasteiger partial charge in [0.05, 0.1) is 6.33 Å². The Bertz CT molecular complexity index is 530. The highest BCUT2D eigenvalue weighted by Crippen LogP contribution is 2.10. The third-order valence-corrected chi connectivity index (χ3v) is 2.53. The number of rotatable bonds is 4. The molecule has 0 aliphatic rings. The van der Waals surface area contributed by atoms with E-state index in [9.17, 15) is 4.79 Å². The molecule has 2 aromatic rings. The molecule has 1 aromatic heterocycles. The van der Waals surface area contributed by atoms with E-state index in [4.69, 9.17) is 0 Å². The number of hydrogen-bond donors (Lipinski definition) is 2. The Hall–Kier alpha value is -2.14. The number of nitrogens with one attached hydrogen (secondary N) is 2. The van der Waals surface area contributed by atoms with Crippen molar-refractivity contribution in [2.45, 2.75) is 6.54 Å². The van der Waals surface area contributed by atoms with Gasteiger partial charge in [-0.05, 0) is 24.7 Å². The Morgan fingerprint density at radius 1 is 1.33 bits per heavy atom. The minimum atomic E-state index is -0.197. The van der Waals surface area contributed by atoms with Crippen LogP contribution in [-0.2, 0) is 13.6 Å². The van der Waals surface area contributed by atoms with E-state index >= 15 is 0 Å². The first-order valence-electron chi connectivity index (χ1n) is 5.72. The van der Waals surface area contributed by atoms with Gasteiger partial charge >= 0.3 is 0 Å². The van der Waals surface area contributed by atoms with Gasteiger partial charge in [-0.2, -0.15) is 0 Å². The minimum Gasteiger partial charge on any atom is -0.340 e. The molecule has 0 saturated carbocycles. The summed E-state index contributed by atoms with van der Waals surface area (Å²) in [6.45, 7) is 0.814. The Labute approximate surface area is 106 Å². The number of carbonyl (C=O) groups excluding carboxylic acids is 1. The van der Waals surface area contributed by atoms with Crippen molar-refractivity contribution in [2.24, 2.45) is 7.05 Å². The SMILES string of the molecule is CNCc1ccc(NC(=O)c2cn(C)cn2)cc1. The molecule has 94 valence electrons. The highest BCUT2D eigenvalue weighted by atomic mass is 16.1. The summed E-state index contributed by atoms with van der Waals surface area (Å²) >= 11 is 0. The molecule has 2 rings (SSSR count). The Balaban J connectivity index is 2.03. The number of nitrogens with zero attached hydrogens (tertiary/aromatic N) is 2. The van der Waals surface area contributed by atoms with E-state index in [1.807, 2.05) is 38.4 Å². The number of benzene rings is 1. The molecule has 5 heteroatoms. The maximum atomic E-state index is 11.8. The zero-order valence-corrected chi connectivity index (χ0v) is 10.5. The van der Waals surface area contributed by atoms with E-state index in [0.717, 1.165) is 12.2 Å². The van der Waals surface area contributed by atoms with Gasteiger partial charge in [-0.15, -0.1) is 0 Å². The molecule has 0 spiro atoms. The average molecular weight is 244 g/mol. The summed E-state index contributed by atoms with van der Waals surface area (Å²) in [6, 6.07) is 7.72. The number of hydrogen-bond acceptors (Lipinski definition) is 3. The molecule has 0 bridgehead atoms. The van der Waals surface area contributed by atoms with Crippen LogP contribution in [-0.4, -0.2) is 22.5 Å². The summed E-state index contributed by atoms with van der Waals surface area (Å²) in [7, 11) is 3.73. The molecule has 1 heterocycles. The second-order valence-electron chi connectivity index (χ2n) is 4.11. The van der Waals surface area contributed by atoms with Crippen LogP contribution >= 0.6 is 0 Å². The van der Waals surface area contributed by atoms with Crippen molar-refractivity contribution in [1.29, 1.82) is 0 Å². The highest BCUT2D eigenvalue weighted by molar-refractivity contribution is 6.02. The van der Waals surface area contributed by atoms with Crippen LogP contribution < -0.4 is 10.6 Å². The maximum absolute atomic E-state index is 11.8. The summed E-state index contributed by atoms with van der Waals surface area (Å²) in [6.07, 6.45) is 3.29. The zero-order valence-electron chi connectivity index (χ0n) is 10.5. The fraction of sp³-hybridized carbons (Fsp3) is 0.231. The Morgan fingerprint density at radius 3 is 2.61 bits per heavy atom. The van der Waals surface area contributed by atoms with Gasteiger partial charge in [-0.25, -0.2) is 4.98 Å². The predicted octanol–water partition coefficient (Wildman–Crippen LogP) is 1.39. The molecule has 0 unspecified atom stereocenters. The number of anilines is 1. The number of aryl methyl sites for hydroxylation is 1. The van der Waals surface area contributed by atoms with Crippen LogP contribution in [0, 0.1) is 0 Å². The van der Waals surface area contributed by atoms with Crippen molar-refractivity contribution < 1.29 is 4.79 Å². The van der Waals surface area contributed by atoms with Gasteiger partial charge in [0.1, 0.15) is 5.69 Å². The molecule has 2 N–H and O–H groups in total. The van der Waals surface area contributed by atoms with E-state index < -0.39 is 0 Å². The van der Waals surface area contributed by atoms with Crippen molar-refractivity contribution in [3.05, 3.63) is 48.0 Å². The van der Waals surface area contributed by atoms with E-state index in [0.29, 0.717) is 5.69 Å². The lowest BCUT2D eigenvalue weighted by molar-refractivity contribution is 0.102. The summed E-state index contributed by atoms with van der Waals surface area (Å²) in [5, 5.41) is 5.88. The molecule has 0 fully saturated rings. The fourth-order valence-corrected chi connectivity index (χ4v) is 1.64. The van der Waals surface area contributed by atoms with Crippen molar-refractivity contribution in [3.63, 3.8) is 0 Å². The van der Waals surface area contributed by atoms with E-state index in [-0.39, 0.29) is 5.91 Å². The molecule has 5 nitrogen and oxygen atoms in total. The number of carbonyl (C=O) groups is 1. The quantitative estimate of drug-likeness (QED) is 0.854. The molecule has 0 aliphatic heterocycles. The van der Waals surface area contributed by atoms with Crippen LogP contribution in [0.3, 0.4) is 0 Å². The van der Waals surface area contributed by atoms with Crippen molar-refractivity contribution in [1.82, 2.24) is 14.9 Å². The normalized spacial score (nSPS) is 10.3.